The summed E-state index contributed by atoms with van der Waals surface area (Å²) in [6.45, 7) is 8.07. The lowest BCUT2D eigenvalue weighted by Crippen LogP contribution is -2.25. The number of aliphatic hydroxyl groups is 1. The smallest absolute Gasteiger partial charge is 0.216 e. The Hall–Kier alpha value is -0.550. The van der Waals surface area contributed by atoms with Crippen LogP contribution in [0.25, 0.3) is 0 Å². The first-order valence-electron chi connectivity index (χ1n) is 6.96. The fourth-order valence-electron chi connectivity index (χ4n) is 1.78. The van der Waals surface area contributed by atoms with Crippen molar-refractivity contribution in [1.82, 2.24) is 5.32 Å². The van der Waals surface area contributed by atoms with Gasteiger partial charge in [-0.25, -0.2) is 0 Å². The highest BCUT2D eigenvalue weighted by Crippen LogP contribution is 2.21. The Morgan fingerprint density at radius 3 is 2.42 bits per heavy atom. The molecule has 0 heterocycles. The number of amides is 1. The fraction of sp³-hybridized carbons (Fsp3) is 0.857. The SMILES string of the molecule is CCC(C)C(O)C(C)CCC(=O)SCCNC(C)=O. The Balaban J connectivity index is 3.74. The van der Waals surface area contributed by atoms with Gasteiger partial charge >= 0.3 is 0 Å². The third kappa shape index (κ3) is 9.05. The van der Waals surface area contributed by atoms with E-state index in [-0.39, 0.29) is 29.0 Å². The maximum atomic E-state index is 11.6. The second-order valence-corrected chi connectivity index (χ2v) is 6.25. The van der Waals surface area contributed by atoms with Gasteiger partial charge in [0, 0.05) is 25.6 Å². The number of thioether (sulfide) groups is 1. The van der Waals surface area contributed by atoms with Crippen LogP contribution in [0.3, 0.4) is 0 Å². The molecular formula is C14H27NO3S. The topological polar surface area (TPSA) is 66.4 Å². The van der Waals surface area contributed by atoms with Gasteiger partial charge in [-0.3, -0.25) is 9.59 Å². The van der Waals surface area contributed by atoms with Gasteiger partial charge in [-0.1, -0.05) is 39.0 Å². The molecule has 2 N–H and O–H groups in total. The Labute approximate surface area is 120 Å². The molecule has 0 bridgehead atoms. The summed E-state index contributed by atoms with van der Waals surface area (Å²) < 4.78 is 0. The molecule has 0 aromatic heterocycles. The van der Waals surface area contributed by atoms with Crippen LogP contribution in [0, 0.1) is 11.8 Å². The first-order valence-corrected chi connectivity index (χ1v) is 7.95. The average molecular weight is 289 g/mol. The predicted octanol–water partition coefficient (Wildman–Crippen LogP) is 2.21. The number of carbonyl (C=O) groups excluding carboxylic acids is 2. The van der Waals surface area contributed by atoms with E-state index in [4.69, 9.17) is 0 Å². The number of rotatable bonds is 9. The van der Waals surface area contributed by atoms with Crippen LogP contribution in [0.15, 0.2) is 0 Å². The monoisotopic (exact) mass is 289 g/mol. The molecule has 0 saturated carbocycles. The molecule has 5 heteroatoms. The van der Waals surface area contributed by atoms with Gasteiger partial charge in [-0.2, -0.15) is 0 Å². The van der Waals surface area contributed by atoms with Crippen molar-refractivity contribution >= 4 is 22.8 Å². The Kier molecular flexibility index (Phi) is 9.97. The van der Waals surface area contributed by atoms with Crippen molar-refractivity contribution in [3.63, 3.8) is 0 Å². The van der Waals surface area contributed by atoms with Crippen molar-refractivity contribution in [1.29, 1.82) is 0 Å². The van der Waals surface area contributed by atoms with Crippen molar-refractivity contribution in [3.05, 3.63) is 0 Å². The lowest BCUT2D eigenvalue weighted by Gasteiger charge is -2.23. The summed E-state index contributed by atoms with van der Waals surface area (Å²) in [5.41, 5.74) is 0. The third-order valence-corrected chi connectivity index (χ3v) is 4.29. The average Bonchev–Trinajstić information content (AvgIpc) is 2.38. The summed E-state index contributed by atoms with van der Waals surface area (Å²) >= 11 is 1.25. The van der Waals surface area contributed by atoms with E-state index in [0.29, 0.717) is 18.7 Å². The van der Waals surface area contributed by atoms with E-state index in [1.807, 2.05) is 13.8 Å². The maximum absolute atomic E-state index is 11.6. The number of aliphatic hydroxyl groups excluding tert-OH is 1. The van der Waals surface area contributed by atoms with Crippen molar-refractivity contribution in [3.8, 4) is 0 Å². The van der Waals surface area contributed by atoms with Crippen molar-refractivity contribution in [2.75, 3.05) is 12.3 Å². The first-order chi connectivity index (χ1) is 8.88. The predicted molar refractivity (Wildman–Crippen MR) is 80.0 cm³/mol. The minimum atomic E-state index is -0.331. The summed E-state index contributed by atoms with van der Waals surface area (Å²) in [5.74, 6) is 0.964. The highest BCUT2D eigenvalue weighted by Gasteiger charge is 2.20. The quantitative estimate of drug-likeness (QED) is 0.639. The van der Waals surface area contributed by atoms with Crippen LogP contribution in [-0.2, 0) is 9.59 Å². The molecule has 0 spiro atoms. The van der Waals surface area contributed by atoms with Gasteiger partial charge in [-0.05, 0) is 18.3 Å². The third-order valence-electron chi connectivity index (χ3n) is 3.35. The Morgan fingerprint density at radius 1 is 1.26 bits per heavy atom. The highest BCUT2D eigenvalue weighted by molar-refractivity contribution is 8.13. The van der Waals surface area contributed by atoms with Crippen molar-refractivity contribution in [2.45, 2.75) is 53.1 Å². The second-order valence-electron chi connectivity index (χ2n) is 5.10. The normalized spacial score (nSPS) is 15.6. The lowest BCUT2D eigenvalue weighted by molar-refractivity contribution is -0.119. The Morgan fingerprint density at radius 2 is 1.89 bits per heavy atom. The highest BCUT2D eigenvalue weighted by atomic mass is 32.2. The van der Waals surface area contributed by atoms with Gasteiger partial charge in [0.15, 0.2) is 5.12 Å². The van der Waals surface area contributed by atoms with E-state index in [0.717, 1.165) is 12.8 Å². The molecule has 3 atom stereocenters. The molecular weight excluding hydrogens is 262 g/mol. The molecule has 0 saturated heterocycles. The summed E-state index contributed by atoms with van der Waals surface area (Å²) in [7, 11) is 0. The molecule has 0 aliphatic rings. The van der Waals surface area contributed by atoms with E-state index < -0.39 is 0 Å². The number of nitrogens with one attached hydrogen (secondary N) is 1. The zero-order valence-corrected chi connectivity index (χ0v) is 13.3. The van der Waals surface area contributed by atoms with Gasteiger partial charge in [0.05, 0.1) is 6.10 Å². The van der Waals surface area contributed by atoms with Gasteiger partial charge in [0.25, 0.3) is 0 Å². The van der Waals surface area contributed by atoms with Crippen LogP contribution in [0.4, 0.5) is 0 Å². The number of hydrogen-bond acceptors (Lipinski definition) is 4. The fourth-order valence-corrected chi connectivity index (χ4v) is 2.48. The van der Waals surface area contributed by atoms with Gasteiger partial charge in [0.1, 0.15) is 0 Å². The molecule has 0 rings (SSSR count). The molecule has 19 heavy (non-hydrogen) atoms. The Bertz CT molecular complexity index is 284. The molecule has 0 aromatic rings. The molecule has 4 nitrogen and oxygen atoms in total. The van der Waals surface area contributed by atoms with E-state index in [1.165, 1.54) is 18.7 Å². The second kappa shape index (κ2) is 10.3. The van der Waals surface area contributed by atoms with Crippen LogP contribution in [0.2, 0.25) is 0 Å². The molecule has 0 aliphatic carbocycles. The van der Waals surface area contributed by atoms with E-state index >= 15 is 0 Å². The van der Waals surface area contributed by atoms with Gasteiger partial charge in [0.2, 0.25) is 5.91 Å². The largest absolute Gasteiger partial charge is 0.393 e. The van der Waals surface area contributed by atoms with Crippen LogP contribution >= 0.6 is 11.8 Å². The summed E-state index contributed by atoms with van der Waals surface area (Å²) in [5, 5.41) is 12.8. The lowest BCUT2D eigenvalue weighted by atomic mass is 9.89. The molecule has 3 unspecified atom stereocenters. The van der Waals surface area contributed by atoms with Crippen LogP contribution in [0.1, 0.15) is 47.0 Å². The molecule has 0 aromatic carbocycles. The van der Waals surface area contributed by atoms with Crippen molar-refractivity contribution in [2.24, 2.45) is 11.8 Å². The van der Waals surface area contributed by atoms with Gasteiger partial charge in [-0.15, -0.1) is 0 Å². The van der Waals surface area contributed by atoms with Crippen LogP contribution in [-0.4, -0.2) is 34.5 Å². The van der Waals surface area contributed by atoms with Gasteiger partial charge < -0.3 is 10.4 Å². The van der Waals surface area contributed by atoms with E-state index in [9.17, 15) is 14.7 Å². The van der Waals surface area contributed by atoms with Crippen molar-refractivity contribution < 1.29 is 14.7 Å². The molecule has 1 amide bonds. The van der Waals surface area contributed by atoms with E-state index in [1.54, 1.807) is 0 Å². The molecule has 0 fully saturated rings. The number of carbonyl (C=O) groups is 2. The minimum Gasteiger partial charge on any atom is -0.393 e. The summed E-state index contributed by atoms with van der Waals surface area (Å²) in [6.07, 6.45) is 1.82. The molecule has 0 radical (unpaired) electrons. The zero-order valence-electron chi connectivity index (χ0n) is 12.4. The van der Waals surface area contributed by atoms with Crippen LogP contribution in [0.5, 0.6) is 0 Å². The van der Waals surface area contributed by atoms with Crippen LogP contribution < -0.4 is 5.32 Å². The maximum Gasteiger partial charge on any atom is 0.216 e. The minimum absolute atomic E-state index is 0.0710. The number of hydrogen-bond donors (Lipinski definition) is 2. The zero-order chi connectivity index (χ0) is 14.8. The standard InChI is InChI=1S/C14H27NO3S/c1-5-10(2)14(18)11(3)6-7-13(17)19-9-8-15-12(4)16/h10-11,14,18H,5-9H2,1-4H3,(H,15,16). The molecule has 112 valence electrons. The first kappa shape index (κ1) is 18.4. The summed E-state index contributed by atoms with van der Waals surface area (Å²) in [4.78, 5) is 22.3. The van der Waals surface area contributed by atoms with E-state index in [2.05, 4.69) is 12.2 Å². The summed E-state index contributed by atoms with van der Waals surface area (Å²) in [6, 6.07) is 0. The molecule has 0 aliphatic heterocycles.